The molecule has 17 heavy (non-hydrogen) atoms. The molecule has 0 aromatic heterocycles. The van der Waals surface area contributed by atoms with Crippen LogP contribution in [0.5, 0.6) is 0 Å². The lowest BCUT2D eigenvalue weighted by Gasteiger charge is -2.35. The smallest absolute Gasteiger partial charge is 0.223 e. The number of nitro groups is 1. The molecule has 0 N–H and O–H groups in total. The standard InChI is InChI=1S/C12H15BrN2O2/c13-10-4-6-11(7-5-10)14-8-2-1-3-12(14)9-15(16)17/h4-7,12H,1-3,8-9H2. The van der Waals surface area contributed by atoms with Gasteiger partial charge in [0, 0.05) is 21.6 Å². The van der Waals surface area contributed by atoms with Crippen molar-refractivity contribution < 1.29 is 4.92 Å². The molecule has 0 saturated carbocycles. The molecule has 1 aromatic rings. The fourth-order valence-corrected chi connectivity index (χ4v) is 2.60. The minimum atomic E-state index is -0.207. The van der Waals surface area contributed by atoms with Crippen molar-refractivity contribution in [3.63, 3.8) is 0 Å². The number of nitrogens with zero attached hydrogens (tertiary/aromatic N) is 2. The average molecular weight is 299 g/mol. The van der Waals surface area contributed by atoms with Gasteiger partial charge in [-0.25, -0.2) is 0 Å². The number of halogens is 1. The van der Waals surface area contributed by atoms with E-state index in [0.717, 1.165) is 36.0 Å². The van der Waals surface area contributed by atoms with Crippen LogP contribution in [0.3, 0.4) is 0 Å². The van der Waals surface area contributed by atoms with Crippen LogP contribution in [0.25, 0.3) is 0 Å². The minimum Gasteiger partial charge on any atom is -0.362 e. The van der Waals surface area contributed by atoms with Gasteiger partial charge in [-0.2, -0.15) is 0 Å². The molecule has 0 radical (unpaired) electrons. The van der Waals surface area contributed by atoms with Crippen LogP contribution in [0.1, 0.15) is 19.3 Å². The van der Waals surface area contributed by atoms with Gasteiger partial charge in [-0.1, -0.05) is 15.9 Å². The average Bonchev–Trinajstić information content (AvgIpc) is 2.30. The highest BCUT2D eigenvalue weighted by Crippen LogP contribution is 2.26. The van der Waals surface area contributed by atoms with Crippen LogP contribution in [-0.4, -0.2) is 24.1 Å². The molecule has 1 saturated heterocycles. The molecule has 4 nitrogen and oxygen atoms in total. The fourth-order valence-electron chi connectivity index (χ4n) is 2.33. The summed E-state index contributed by atoms with van der Waals surface area (Å²) in [6.07, 6.45) is 3.12. The molecular formula is C12H15BrN2O2. The zero-order valence-corrected chi connectivity index (χ0v) is 11.1. The van der Waals surface area contributed by atoms with Crippen LogP contribution in [0.2, 0.25) is 0 Å². The lowest BCUT2D eigenvalue weighted by atomic mass is 10.0. The maximum Gasteiger partial charge on any atom is 0.223 e. The maximum atomic E-state index is 10.7. The summed E-state index contributed by atoms with van der Waals surface area (Å²) < 4.78 is 1.03. The van der Waals surface area contributed by atoms with E-state index in [4.69, 9.17) is 0 Å². The van der Waals surface area contributed by atoms with E-state index in [-0.39, 0.29) is 17.5 Å². The van der Waals surface area contributed by atoms with Gasteiger partial charge in [0.2, 0.25) is 6.54 Å². The number of hydrogen-bond acceptors (Lipinski definition) is 3. The largest absolute Gasteiger partial charge is 0.362 e. The van der Waals surface area contributed by atoms with E-state index in [9.17, 15) is 10.1 Å². The topological polar surface area (TPSA) is 46.4 Å². The second kappa shape index (κ2) is 5.49. The fraction of sp³-hybridized carbons (Fsp3) is 0.500. The molecular weight excluding hydrogens is 284 g/mol. The van der Waals surface area contributed by atoms with Crippen molar-refractivity contribution in [2.24, 2.45) is 0 Å². The van der Waals surface area contributed by atoms with Gasteiger partial charge >= 0.3 is 0 Å². The van der Waals surface area contributed by atoms with E-state index in [0.29, 0.717) is 0 Å². The Morgan fingerprint density at radius 1 is 1.35 bits per heavy atom. The predicted octanol–water partition coefficient (Wildman–Crippen LogP) is 3.08. The molecule has 1 unspecified atom stereocenters. The second-order valence-corrected chi connectivity index (χ2v) is 5.25. The van der Waals surface area contributed by atoms with Gasteiger partial charge in [-0.05, 0) is 43.5 Å². The zero-order valence-electron chi connectivity index (χ0n) is 9.51. The molecule has 1 atom stereocenters. The first-order valence-electron chi connectivity index (χ1n) is 5.81. The zero-order chi connectivity index (χ0) is 12.3. The Bertz CT molecular complexity index is 394. The Morgan fingerprint density at radius 2 is 2.06 bits per heavy atom. The van der Waals surface area contributed by atoms with E-state index >= 15 is 0 Å². The van der Waals surface area contributed by atoms with Gasteiger partial charge in [0.25, 0.3) is 0 Å². The van der Waals surface area contributed by atoms with Crippen molar-refractivity contribution in [1.82, 2.24) is 0 Å². The molecule has 92 valence electrons. The molecule has 0 spiro atoms. The third-order valence-electron chi connectivity index (χ3n) is 3.15. The first-order chi connectivity index (χ1) is 8.16. The second-order valence-electron chi connectivity index (χ2n) is 4.33. The molecule has 5 heteroatoms. The van der Waals surface area contributed by atoms with Crippen molar-refractivity contribution >= 4 is 21.6 Å². The van der Waals surface area contributed by atoms with Crippen molar-refractivity contribution in [3.05, 3.63) is 38.9 Å². The first-order valence-corrected chi connectivity index (χ1v) is 6.60. The molecule has 1 fully saturated rings. The Morgan fingerprint density at radius 3 is 2.71 bits per heavy atom. The maximum absolute atomic E-state index is 10.7. The van der Waals surface area contributed by atoms with Gasteiger partial charge in [-0.3, -0.25) is 10.1 Å². The van der Waals surface area contributed by atoms with E-state index in [1.807, 2.05) is 24.3 Å². The van der Waals surface area contributed by atoms with Gasteiger partial charge in [0.15, 0.2) is 0 Å². The van der Waals surface area contributed by atoms with Crippen molar-refractivity contribution in [3.8, 4) is 0 Å². The summed E-state index contributed by atoms with van der Waals surface area (Å²) in [5.74, 6) is 0. The molecule has 0 aliphatic carbocycles. The first kappa shape index (κ1) is 12.4. The third kappa shape index (κ3) is 3.19. The van der Waals surface area contributed by atoms with E-state index in [2.05, 4.69) is 20.8 Å². The monoisotopic (exact) mass is 298 g/mol. The Hall–Kier alpha value is -1.10. The van der Waals surface area contributed by atoms with Crippen LogP contribution >= 0.6 is 15.9 Å². The molecule has 0 bridgehead atoms. The summed E-state index contributed by atoms with van der Waals surface area (Å²) >= 11 is 3.40. The summed E-state index contributed by atoms with van der Waals surface area (Å²) in [5, 5.41) is 10.7. The minimum absolute atomic E-state index is 0.0378. The highest BCUT2D eigenvalue weighted by atomic mass is 79.9. The number of hydrogen-bond donors (Lipinski definition) is 0. The lowest BCUT2D eigenvalue weighted by molar-refractivity contribution is -0.482. The van der Waals surface area contributed by atoms with E-state index in [1.165, 1.54) is 0 Å². The van der Waals surface area contributed by atoms with Gasteiger partial charge < -0.3 is 4.90 Å². The van der Waals surface area contributed by atoms with Crippen molar-refractivity contribution in [2.75, 3.05) is 18.0 Å². The van der Waals surface area contributed by atoms with Crippen molar-refractivity contribution in [1.29, 1.82) is 0 Å². The molecule has 1 heterocycles. The van der Waals surface area contributed by atoms with E-state index in [1.54, 1.807) is 0 Å². The van der Waals surface area contributed by atoms with Gasteiger partial charge in [0.1, 0.15) is 0 Å². The SMILES string of the molecule is O=[N+]([O-])CC1CCCCN1c1ccc(Br)cc1. The Kier molecular flexibility index (Phi) is 3.99. The predicted molar refractivity (Wildman–Crippen MR) is 71.0 cm³/mol. The van der Waals surface area contributed by atoms with Crippen LogP contribution in [0.4, 0.5) is 5.69 Å². The van der Waals surface area contributed by atoms with Crippen LogP contribution in [0.15, 0.2) is 28.7 Å². The highest BCUT2D eigenvalue weighted by Gasteiger charge is 2.26. The van der Waals surface area contributed by atoms with Crippen LogP contribution in [0, 0.1) is 10.1 Å². The number of anilines is 1. The summed E-state index contributed by atoms with van der Waals surface area (Å²) in [6, 6.07) is 8.03. The normalized spacial score (nSPS) is 20.3. The summed E-state index contributed by atoms with van der Waals surface area (Å²) in [7, 11) is 0. The summed E-state index contributed by atoms with van der Waals surface area (Å²) in [6.45, 7) is 0.955. The molecule has 1 aliphatic heterocycles. The molecule has 2 rings (SSSR count). The molecule has 0 amide bonds. The molecule has 1 aliphatic rings. The molecule has 1 aromatic carbocycles. The summed E-state index contributed by atoms with van der Waals surface area (Å²) in [4.78, 5) is 12.6. The van der Waals surface area contributed by atoms with Crippen molar-refractivity contribution in [2.45, 2.75) is 25.3 Å². The Balaban J connectivity index is 2.15. The van der Waals surface area contributed by atoms with Crippen LogP contribution in [-0.2, 0) is 0 Å². The number of rotatable bonds is 3. The lowest BCUT2D eigenvalue weighted by Crippen LogP contribution is -2.43. The number of benzene rings is 1. The Labute approximate surface area is 109 Å². The summed E-state index contributed by atoms with van der Waals surface area (Å²) in [5.41, 5.74) is 1.08. The number of piperidine rings is 1. The quantitative estimate of drug-likeness (QED) is 0.636. The van der Waals surface area contributed by atoms with Gasteiger partial charge in [0.05, 0.1) is 6.04 Å². The van der Waals surface area contributed by atoms with E-state index < -0.39 is 0 Å². The van der Waals surface area contributed by atoms with Gasteiger partial charge in [-0.15, -0.1) is 0 Å². The highest BCUT2D eigenvalue weighted by molar-refractivity contribution is 9.10. The van der Waals surface area contributed by atoms with Crippen LogP contribution < -0.4 is 4.90 Å². The third-order valence-corrected chi connectivity index (χ3v) is 3.67.